The van der Waals surface area contributed by atoms with Gasteiger partial charge in [0.15, 0.2) is 17.3 Å². The Morgan fingerprint density at radius 2 is 1.74 bits per heavy atom. The molecule has 0 N–H and O–H groups in total. The lowest BCUT2D eigenvalue weighted by atomic mass is 10.0. The summed E-state index contributed by atoms with van der Waals surface area (Å²) in [5, 5.41) is 0. The van der Waals surface area contributed by atoms with Crippen molar-refractivity contribution in [2.45, 2.75) is 6.61 Å². The van der Waals surface area contributed by atoms with Gasteiger partial charge in [0.1, 0.15) is 17.9 Å². The van der Waals surface area contributed by atoms with Crippen LogP contribution in [-0.2, 0) is 16.1 Å². The lowest BCUT2D eigenvalue weighted by Crippen LogP contribution is -2.15. The molecule has 156 valence electrons. The molecule has 1 heterocycles. The highest BCUT2D eigenvalue weighted by Crippen LogP contribution is 2.33. The van der Waals surface area contributed by atoms with Crippen LogP contribution in [0.5, 0.6) is 17.2 Å². The first-order valence-corrected chi connectivity index (χ1v) is 9.65. The zero-order valence-corrected chi connectivity index (χ0v) is 16.9. The van der Waals surface area contributed by atoms with E-state index in [1.807, 2.05) is 30.3 Å². The summed E-state index contributed by atoms with van der Waals surface area (Å²) in [6.45, 7) is 0.510. The predicted molar refractivity (Wildman–Crippen MR) is 114 cm³/mol. The first kappa shape index (κ1) is 20.2. The normalized spacial score (nSPS) is 12.4. The van der Waals surface area contributed by atoms with Crippen molar-refractivity contribution < 1.29 is 28.5 Å². The van der Waals surface area contributed by atoms with Crippen LogP contribution in [0.25, 0.3) is 6.08 Å². The zero-order valence-electron chi connectivity index (χ0n) is 16.9. The summed E-state index contributed by atoms with van der Waals surface area (Å²) in [5.74, 6) is 0.517. The van der Waals surface area contributed by atoms with Gasteiger partial charge in [-0.1, -0.05) is 48.5 Å². The number of rotatable bonds is 7. The van der Waals surface area contributed by atoms with E-state index in [1.54, 1.807) is 42.5 Å². The van der Waals surface area contributed by atoms with Crippen LogP contribution in [-0.4, -0.2) is 25.7 Å². The number of carbonyl (C=O) groups excluding carboxylic acids is 2. The topological polar surface area (TPSA) is 71.1 Å². The molecule has 1 aliphatic rings. The van der Waals surface area contributed by atoms with Crippen LogP contribution in [0.4, 0.5) is 0 Å². The van der Waals surface area contributed by atoms with Crippen molar-refractivity contribution in [1.82, 2.24) is 0 Å². The summed E-state index contributed by atoms with van der Waals surface area (Å²) in [5.41, 5.74) is 1.86. The largest absolute Gasteiger partial charge is 0.489 e. The summed E-state index contributed by atoms with van der Waals surface area (Å²) in [6, 6.07) is 21.6. The predicted octanol–water partition coefficient (Wildman–Crippen LogP) is 4.43. The molecule has 0 fully saturated rings. The van der Waals surface area contributed by atoms with Crippen LogP contribution in [0.3, 0.4) is 0 Å². The Morgan fingerprint density at radius 3 is 2.55 bits per heavy atom. The first-order chi connectivity index (χ1) is 15.1. The second-order valence-electron chi connectivity index (χ2n) is 6.79. The third-order valence-corrected chi connectivity index (χ3v) is 4.70. The number of hydrogen-bond acceptors (Lipinski definition) is 6. The van der Waals surface area contributed by atoms with Crippen LogP contribution in [0.1, 0.15) is 21.5 Å². The van der Waals surface area contributed by atoms with E-state index in [2.05, 4.69) is 0 Å². The maximum absolute atomic E-state index is 13.1. The molecule has 0 saturated heterocycles. The number of fused-ring (bicyclic) bond motifs is 1. The van der Waals surface area contributed by atoms with E-state index < -0.39 is 11.8 Å². The van der Waals surface area contributed by atoms with Crippen molar-refractivity contribution in [2.24, 2.45) is 0 Å². The Bertz CT molecular complexity index is 1130. The highest BCUT2D eigenvalue weighted by atomic mass is 16.7. The zero-order chi connectivity index (χ0) is 21.6. The van der Waals surface area contributed by atoms with Gasteiger partial charge in [0.25, 0.3) is 0 Å². The molecule has 6 heteroatoms. The van der Waals surface area contributed by atoms with E-state index in [0.717, 1.165) is 5.56 Å². The number of benzene rings is 3. The van der Waals surface area contributed by atoms with Gasteiger partial charge >= 0.3 is 5.97 Å². The van der Waals surface area contributed by atoms with Gasteiger partial charge in [-0.05, 0) is 41.5 Å². The lowest BCUT2D eigenvalue weighted by molar-refractivity contribution is -0.135. The van der Waals surface area contributed by atoms with Crippen molar-refractivity contribution in [1.29, 1.82) is 0 Å². The van der Waals surface area contributed by atoms with Gasteiger partial charge in [0.05, 0.1) is 7.11 Å². The molecule has 0 unspecified atom stereocenters. The van der Waals surface area contributed by atoms with E-state index >= 15 is 0 Å². The number of carbonyl (C=O) groups is 2. The van der Waals surface area contributed by atoms with Crippen molar-refractivity contribution in [3.8, 4) is 17.2 Å². The van der Waals surface area contributed by atoms with Crippen molar-refractivity contribution in [2.75, 3.05) is 13.9 Å². The smallest absolute Gasteiger partial charge is 0.341 e. The molecule has 3 aromatic rings. The van der Waals surface area contributed by atoms with Crippen LogP contribution in [0.2, 0.25) is 0 Å². The number of esters is 1. The fraction of sp³-hybridized carbons (Fsp3) is 0.120. The quantitative estimate of drug-likeness (QED) is 0.187. The third kappa shape index (κ3) is 4.75. The second kappa shape index (κ2) is 9.17. The van der Waals surface area contributed by atoms with Crippen molar-refractivity contribution in [3.63, 3.8) is 0 Å². The Balaban J connectivity index is 1.58. The SMILES string of the molecule is COC(=O)C(=Cc1ccc2c(c1)OCO2)C(=O)c1cccc(OCc2ccccc2)c1. The minimum Gasteiger partial charge on any atom is -0.489 e. The summed E-state index contributed by atoms with van der Waals surface area (Å²) >= 11 is 0. The Hall–Kier alpha value is -4.06. The number of Topliss-reactive ketones (excluding diaryl/α,β-unsaturated/α-hetero) is 1. The summed E-state index contributed by atoms with van der Waals surface area (Å²) in [4.78, 5) is 25.5. The van der Waals surface area contributed by atoms with Gasteiger partial charge in [0.2, 0.25) is 6.79 Å². The number of methoxy groups -OCH3 is 1. The van der Waals surface area contributed by atoms with Crippen LogP contribution in [0.15, 0.2) is 78.4 Å². The van der Waals surface area contributed by atoms with Gasteiger partial charge in [-0.15, -0.1) is 0 Å². The molecule has 0 amide bonds. The van der Waals surface area contributed by atoms with Crippen molar-refractivity contribution in [3.05, 3.63) is 95.1 Å². The van der Waals surface area contributed by atoms with Crippen LogP contribution < -0.4 is 14.2 Å². The summed E-state index contributed by atoms with van der Waals surface area (Å²) in [7, 11) is 1.24. The fourth-order valence-electron chi connectivity index (χ4n) is 3.12. The molecule has 0 radical (unpaired) electrons. The molecule has 31 heavy (non-hydrogen) atoms. The van der Waals surface area contributed by atoms with E-state index in [9.17, 15) is 9.59 Å². The number of ketones is 1. The van der Waals surface area contributed by atoms with E-state index in [4.69, 9.17) is 18.9 Å². The van der Waals surface area contributed by atoms with E-state index in [-0.39, 0.29) is 12.4 Å². The average molecular weight is 416 g/mol. The Labute approximate surface area is 179 Å². The molecular weight excluding hydrogens is 396 g/mol. The molecular formula is C25H20O6. The van der Waals surface area contributed by atoms with Crippen molar-refractivity contribution >= 4 is 17.8 Å². The number of ether oxygens (including phenoxy) is 4. The molecule has 4 rings (SSSR count). The van der Waals surface area contributed by atoms with Gasteiger partial charge in [0, 0.05) is 5.56 Å². The third-order valence-electron chi connectivity index (χ3n) is 4.70. The highest BCUT2D eigenvalue weighted by molar-refractivity contribution is 6.27. The molecule has 6 nitrogen and oxygen atoms in total. The molecule has 3 aromatic carbocycles. The minimum absolute atomic E-state index is 0.0958. The summed E-state index contributed by atoms with van der Waals surface area (Å²) < 4.78 is 21.3. The molecule has 0 atom stereocenters. The van der Waals surface area contributed by atoms with Crippen LogP contribution in [0, 0.1) is 0 Å². The van der Waals surface area contributed by atoms with Gasteiger partial charge in [-0.3, -0.25) is 4.79 Å². The van der Waals surface area contributed by atoms with Gasteiger partial charge in [-0.2, -0.15) is 0 Å². The maximum Gasteiger partial charge on any atom is 0.341 e. The number of hydrogen-bond donors (Lipinski definition) is 0. The van der Waals surface area contributed by atoms with Crippen LogP contribution >= 0.6 is 0 Å². The Kier molecular flexibility index (Phi) is 5.98. The molecule has 0 spiro atoms. The highest BCUT2D eigenvalue weighted by Gasteiger charge is 2.22. The van der Waals surface area contributed by atoms with Gasteiger partial charge < -0.3 is 18.9 Å². The first-order valence-electron chi connectivity index (χ1n) is 9.65. The molecule has 0 saturated carbocycles. The standard InChI is InChI=1S/C25H20O6/c1-28-25(27)21(12-18-10-11-22-23(13-18)31-16-30-22)24(26)19-8-5-9-20(14-19)29-15-17-6-3-2-4-7-17/h2-14H,15-16H2,1H3. The average Bonchev–Trinajstić information content (AvgIpc) is 3.29. The molecule has 0 aromatic heterocycles. The fourth-order valence-corrected chi connectivity index (χ4v) is 3.12. The van der Waals surface area contributed by atoms with E-state index in [1.165, 1.54) is 13.2 Å². The molecule has 1 aliphatic heterocycles. The summed E-state index contributed by atoms with van der Waals surface area (Å²) in [6.07, 6.45) is 1.48. The minimum atomic E-state index is -0.724. The lowest BCUT2D eigenvalue weighted by Gasteiger charge is -2.09. The maximum atomic E-state index is 13.1. The molecule has 0 aliphatic carbocycles. The second-order valence-corrected chi connectivity index (χ2v) is 6.79. The van der Waals surface area contributed by atoms with E-state index in [0.29, 0.717) is 35.0 Å². The Morgan fingerprint density at radius 1 is 0.935 bits per heavy atom. The van der Waals surface area contributed by atoms with Gasteiger partial charge in [-0.25, -0.2) is 4.79 Å². The monoisotopic (exact) mass is 416 g/mol. The molecule has 0 bridgehead atoms.